The average molecular weight is 386 g/mol. The van der Waals surface area contributed by atoms with Crippen molar-refractivity contribution in [3.8, 4) is 0 Å². The highest BCUT2D eigenvalue weighted by molar-refractivity contribution is 5.82. The summed E-state index contributed by atoms with van der Waals surface area (Å²) in [5.41, 5.74) is 6.97. The maximum Gasteiger partial charge on any atom is 0.410 e. The van der Waals surface area contributed by atoms with Gasteiger partial charge in [0.1, 0.15) is 11.6 Å². The van der Waals surface area contributed by atoms with Crippen LogP contribution < -0.4 is 10.9 Å². The summed E-state index contributed by atoms with van der Waals surface area (Å²) >= 11 is 0. The van der Waals surface area contributed by atoms with Gasteiger partial charge in [-0.25, -0.2) is 10.2 Å². The highest BCUT2D eigenvalue weighted by Gasteiger charge is 2.48. The van der Waals surface area contributed by atoms with Gasteiger partial charge in [0.15, 0.2) is 0 Å². The number of carbonyl (C=O) groups is 2. The lowest BCUT2D eigenvalue weighted by Gasteiger charge is -2.38. The van der Waals surface area contributed by atoms with Crippen LogP contribution in [0.25, 0.3) is 0 Å². The Hall–Kier alpha value is -2.12. The summed E-state index contributed by atoms with van der Waals surface area (Å²) in [4.78, 5) is 28.9. The van der Waals surface area contributed by atoms with Gasteiger partial charge >= 0.3 is 6.09 Å². The van der Waals surface area contributed by atoms with Crippen LogP contribution >= 0.6 is 0 Å². The number of nitrogens with zero attached hydrogens (tertiary/aromatic N) is 2. The van der Waals surface area contributed by atoms with Crippen LogP contribution in [0.1, 0.15) is 44.6 Å². The van der Waals surface area contributed by atoms with Crippen LogP contribution in [0.15, 0.2) is 30.3 Å². The first-order chi connectivity index (χ1) is 13.5. The molecule has 1 aromatic rings. The number of benzene rings is 1. The summed E-state index contributed by atoms with van der Waals surface area (Å²) in [5, 5.41) is 0. The van der Waals surface area contributed by atoms with E-state index in [-0.39, 0.29) is 24.0 Å². The molecule has 1 aromatic carbocycles. The standard InChI is InChI=1S/C21H30N4O3/c1-15(17-6-4-3-5-7-17)13-25-14-21(28-20(25)27)8-10-24(11-9-21)19(26)18-12-16(2)22-23-18/h3-7,15-16,18,22-23H,8-14H2,1-2H3. The fourth-order valence-electron chi connectivity index (χ4n) is 4.54. The van der Waals surface area contributed by atoms with E-state index in [0.717, 1.165) is 6.42 Å². The molecular formula is C21H30N4O3. The van der Waals surface area contributed by atoms with Gasteiger partial charge in [0.2, 0.25) is 5.91 Å². The third kappa shape index (κ3) is 3.86. The lowest BCUT2D eigenvalue weighted by molar-refractivity contribution is -0.136. The van der Waals surface area contributed by atoms with E-state index in [1.165, 1.54) is 5.56 Å². The summed E-state index contributed by atoms with van der Waals surface area (Å²) in [6, 6.07) is 10.4. The van der Waals surface area contributed by atoms with E-state index >= 15 is 0 Å². The van der Waals surface area contributed by atoms with Gasteiger partial charge < -0.3 is 14.5 Å². The molecule has 3 atom stereocenters. The monoisotopic (exact) mass is 386 g/mol. The Morgan fingerprint density at radius 3 is 2.61 bits per heavy atom. The number of hydrazine groups is 1. The number of rotatable bonds is 4. The highest BCUT2D eigenvalue weighted by atomic mass is 16.6. The second-order valence-electron chi connectivity index (χ2n) is 8.55. The Bertz CT molecular complexity index is 718. The first-order valence-corrected chi connectivity index (χ1v) is 10.3. The maximum absolute atomic E-state index is 12.7. The van der Waals surface area contributed by atoms with E-state index in [9.17, 15) is 9.59 Å². The van der Waals surface area contributed by atoms with Gasteiger partial charge in [-0.2, -0.15) is 0 Å². The summed E-state index contributed by atoms with van der Waals surface area (Å²) in [6.07, 6.45) is 1.99. The molecule has 3 heterocycles. The largest absolute Gasteiger partial charge is 0.441 e. The minimum atomic E-state index is -0.446. The van der Waals surface area contributed by atoms with E-state index < -0.39 is 5.60 Å². The Kier molecular flexibility index (Phi) is 5.29. The van der Waals surface area contributed by atoms with E-state index in [1.54, 1.807) is 0 Å². The molecule has 4 rings (SSSR count). The van der Waals surface area contributed by atoms with Crippen molar-refractivity contribution in [2.75, 3.05) is 26.2 Å². The molecule has 3 fully saturated rings. The molecule has 28 heavy (non-hydrogen) atoms. The van der Waals surface area contributed by atoms with Crippen molar-refractivity contribution >= 4 is 12.0 Å². The number of hydrogen-bond donors (Lipinski definition) is 2. The van der Waals surface area contributed by atoms with Crippen molar-refractivity contribution in [2.45, 2.75) is 56.7 Å². The fraction of sp³-hybridized carbons (Fsp3) is 0.619. The number of amides is 2. The van der Waals surface area contributed by atoms with Crippen LogP contribution in [-0.4, -0.2) is 65.7 Å². The number of likely N-dealkylation sites (tertiary alicyclic amines) is 1. The predicted octanol–water partition coefficient (Wildman–Crippen LogP) is 1.86. The van der Waals surface area contributed by atoms with Crippen LogP contribution in [0.5, 0.6) is 0 Å². The highest BCUT2D eigenvalue weighted by Crippen LogP contribution is 2.34. The van der Waals surface area contributed by atoms with Crippen LogP contribution in [0, 0.1) is 0 Å². The van der Waals surface area contributed by atoms with Crippen molar-refractivity contribution in [1.82, 2.24) is 20.7 Å². The molecule has 0 saturated carbocycles. The van der Waals surface area contributed by atoms with Gasteiger partial charge in [0.25, 0.3) is 0 Å². The van der Waals surface area contributed by atoms with Crippen molar-refractivity contribution < 1.29 is 14.3 Å². The molecule has 7 heteroatoms. The zero-order chi connectivity index (χ0) is 19.7. The Morgan fingerprint density at radius 2 is 1.96 bits per heavy atom. The van der Waals surface area contributed by atoms with Crippen molar-refractivity contribution in [1.29, 1.82) is 0 Å². The Balaban J connectivity index is 1.32. The molecule has 0 aromatic heterocycles. The molecule has 0 aliphatic carbocycles. The first-order valence-electron chi connectivity index (χ1n) is 10.3. The van der Waals surface area contributed by atoms with Crippen LogP contribution in [-0.2, 0) is 9.53 Å². The summed E-state index contributed by atoms with van der Waals surface area (Å²) in [6.45, 7) is 6.75. The molecule has 152 valence electrons. The van der Waals surface area contributed by atoms with E-state index in [1.807, 2.05) is 28.0 Å². The molecule has 3 aliphatic rings. The van der Waals surface area contributed by atoms with E-state index in [0.29, 0.717) is 45.1 Å². The molecule has 3 aliphatic heterocycles. The number of hydrogen-bond acceptors (Lipinski definition) is 5. The van der Waals surface area contributed by atoms with Crippen molar-refractivity contribution in [3.63, 3.8) is 0 Å². The topological polar surface area (TPSA) is 73.9 Å². The van der Waals surface area contributed by atoms with Gasteiger partial charge in [0, 0.05) is 38.5 Å². The maximum atomic E-state index is 12.7. The molecule has 2 N–H and O–H groups in total. The normalized spacial score (nSPS) is 27.9. The number of carbonyl (C=O) groups excluding carboxylic acids is 2. The second-order valence-corrected chi connectivity index (χ2v) is 8.55. The Labute approximate surface area is 166 Å². The SMILES string of the molecule is CC1CC(C(=O)N2CCC3(CC2)CN(CC(C)c2ccccc2)C(=O)O3)NN1. The molecule has 3 saturated heterocycles. The number of ether oxygens (including phenoxy) is 1. The fourth-order valence-corrected chi connectivity index (χ4v) is 4.54. The molecule has 2 amide bonds. The molecule has 1 spiro atoms. The van der Waals surface area contributed by atoms with E-state index in [4.69, 9.17) is 4.74 Å². The quantitative estimate of drug-likeness (QED) is 0.826. The first kappa shape index (κ1) is 19.2. The molecule has 0 bridgehead atoms. The third-order valence-corrected chi connectivity index (χ3v) is 6.28. The molecule has 7 nitrogen and oxygen atoms in total. The Morgan fingerprint density at radius 1 is 1.25 bits per heavy atom. The van der Waals surface area contributed by atoms with Crippen molar-refractivity contribution in [3.05, 3.63) is 35.9 Å². The van der Waals surface area contributed by atoms with E-state index in [2.05, 4.69) is 36.8 Å². The minimum absolute atomic E-state index is 0.144. The predicted molar refractivity (Wildman–Crippen MR) is 106 cm³/mol. The van der Waals surface area contributed by atoms with Gasteiger partial charge in [-0.05, 0) is 24.8 Å². The minimum Gasteiger partial charge on any atom is -0.441 e. The van der Waals surface area contributed by atoms with Gasteiger partial charge in [-0.3, -0.25) is 10.2 Å². The summed E-state index contributed by atoms with van der Waals surface area (Å²) < 4.78 is 5.83. The lowest BCUT2D eigenvalue weighted by Crippen LogP contribution is -2.53. The number of piperidine rings is 1. The van der Waals surface area contributed by atoms with Crippen LogP contribution in [0.3, 0.4) is 0 Å². The van der Waals surface area contributed by atoms with Gasteiger partial charge in [-0.1, -0.05) is 37.3 Å². The van der Waals surface area contributed by atoms with Gasteiger partial charge in [-0.15, -0.1) is 0 Å². The van der Waals surface area contributed by atoms with Gasteiger partial charge in [0.05, 0.1) is 6.54 Å². The smallest absolute Gasteiger partial charge is 0.410 e. The number of nitrogens with one attached hydrogen (secondary N) is 2. The molecule has 3 unspecified atom stereocenters. The third-order valence-electron chi connectivity index (χ3n) is 6.28. The second kappa shape index (κ2) is 7.72. The summed E-state index contributed by atoms with van der Waals surface area (Å²) in [5.74, 6) is 0.402. The zero-order valence-electron chi connectivity index (χ0n) is 16.7. The summed E-state index contributed by atoms with van der Waals surface area (Å²) in [7, 11) is 0. The van der Waals surface area contributed by atoms with Crippen LogP contribution in [0.4, 0.5) is 4.79 Å². The zero-order valence-corrected chi connectivity index (χ0v) is 16.7. The van der Waals surface area contributed by atoms with Crippen molar-refractivity contribution in [2.24, 2.45) is 0 Å². The molecule has 0 radical (unpaired) electrons. The average Bonchev–Trinajstić information content (AvgIpc) is 3.26. The lowest BCUT2D eigenvalue weighted by atomic mass is 9.90. The molecular weight excluding hydrogens is 356 g/mol. The van der Waals surface area contributed by atoms with Crippen LogP contribution in [0.2, 0.25) is 0 Å².